The van der Waals surface area contributed by atoms with Crippen molar-refractivity contribution in [1.82, 2.24) is 5.32 Å². The third-order valence-electron chi connectivity index (χ3n) is 2.81. The molecule has 1 heterocycles. The van der Waals surface area contributed by atoms with E-state index in [0.717, 1.165) is 5.56 Å². The summed E-state index contributed by atoms with van der Waals surface area (Å²) in [5, 5.41) is 13.7. The zero-order valence-corrected chi connectivity index (χ0v) is 9.54. The van der Waals surface area contributed by atoms with Crippen LogP contribution < -0.4 is 11.1 Å². The Kier molecular flexibility index (Phi) is 3.54. The van der Waals surface area contributed by atoms with Crippen LogP contribution >= 0.6 is 0 Å². The zero-order chi connectivity index (χ0) is 13.1. The van der Waals surface area contributed by atoms with Gasteiger partial charge >= 0.3 is 0 Å². The molecule has 2 unspecified atom stereocenters. The first-order chi connectivity index (χ1) is 8.59. The second kappa shape index (κ2) is 5.11. The van der Waals surface area contributed by atoms with Crippen LogP contribution in [0, 0.1) is 10.1 Å². The molecular formula is C11H13N3O4. The van der Waals surface area contributed by atoms with Crippen molar-refractivity contribution in [2.75, 3.05) is 13.2 Å². The van der Waals surface area contributed by atoms with Gasteiger partial charge < -0.3 is 15.8 Å². The van der Waals surface area contributed by atoms with E-state index in [1.165, 1.54) is 12.1 Å². The van der Waals surface area contributed by atoms with Crippen LogP contribution in [-0.2, 0) is 9.53 Å². The molecule has 0 saturated carbocycles. The first-order valence-electron chi connectivity index (χ1n) is 5.48. The van der Waals surface area contributed by atoms with Crippen molar-refractivity contribution in [1.29, 1.82) is 0 Å². The van der Waals surface area contributed by atoms with Gasteiger partial charge in [0.15, 0.2) is 6.10 Å². The van der Waals surface area contributed by atoms with E-state index in [2.05, 4.69) is 5.32 Å². The van der Waals surface area contributed by atoms with Crippen molar-refractivity contribution < 1.29 is 14.5 Å². The number of hydrogen-bond donors (Lipinski definition) is 2. The van der Waals surface area contributed by atoms with Crippen molar-refractivity contribution in [2.45, 2.75) is 12.1 Å². The Morgan fingerprint density at radius 2 is 2.11 bits per heavy atom. The molecule has 1 aliphatic heterocycles. The molecule has 0 radical (unpaired) electrons. The van der Waals surface area contributed by atoms with Crippen LogP contribution in [0.25, 0.3) is 0 Å². The highest BCUT2D eigenvalue weighted by Crippen LogP contribution is 2.23. The largest absolute Gasteiger partial charge is 0.367 e. The number of ether oxygens (including phenoxy) is 1. The summed E-state index contributed by atoms with van der Waals surface area (Å²) < 4.78 is 5.31. The smallest absolute Gasteiger partial charge is 0.269 e. The van der Waals surface area contributed by atoms with E-state index in [4.69, 9.17) is 10.5 Å². The summed E-state index contributed by atoms with van der Waals surface area (Å²) >= 11 is 0. The van der Waals surface area contributed by atoms with E-state index in [1.807, 2.05) is 0 Å². The van der Waals surface area contributed by atoms with E-state index < -0.39 is 16.9 Å². The van der Waals surface area contributed by atoms with Crippen LogP contribution in [0.15, 0.2) is 24.3 Å². The molecule has 0 aromatic heterocycles. The molecule has 2 atom stereocenters. The Bertz CT molecular complexity index is 460. The van der Waals surface area contributed by atoms with Gasteiger partial charge in [0.1, 0.15) is 0 Å². The lowest BCUT2D eigenvalue weighted by atomic mass is 9.99. The molecule has 0 aliphatic carbocycles. The fourth-order valence-corrected chi connectivity index (χ4v) is 1.95. The molecule has 7 nitrogen and oxygen atoms in total. The predicted molar refractivity (Wildman–Crippen MR) is 62.8 cm³/mol. The topological polar surface area (TPSA) is 107 Å². The maximum Gasteiger partial charge on any atom is 0.269 e. The highest BCUT2D eigenvalue weighted by Gasteiger charge is 2.31. The molecule has 1 aromatic carbocycles. The minimum absolute atomic E-state index is 0.00565. The first-order valence-corrected chi connectivity index (χ1v) is 5.48. The number of nitro groups is 1. The van der Waals surface area contributed by atoms with E-state index in [-0.39, 0.29) is 11.7 Å². The normalized spacial score (nSPS) is 23.6. The maximum atomic E-state index is 11.3. The average molecular weight is 251 g/mol. The molecule has 2 rings (SSSR count). The molecule has 0 bridgehead atoms. The Balaban J connectivity index is 2.23. The minimum Gasteiger partial charge on any atom is -0.367 e. The number of amides is 1. The first kappa shape index (κ1) is 12.5. The lowest BCUT2D eigenvalue weighted by Crippen LogP contribution is -2.48. The molecule has 1 aliphatic rings. The average Bonchev–Trinajstić information content (AvgIpc) is 2.39. The van der Waals surface area contributed by atoms with Gasteiger partial charge in [0.2, 0.25) is 5.91 Å². The number of carbonyl (C=O) groups excluding carboxylic acids is 1. The van der Waals surface area contributed by atoms with E-state index in [9.17, 15) is 14.9 Å². The molecule has 1 fully saturated rings. The van der Waals surface area contributed by atoms with E-state index >= 15 is 0 Å². The van der Waals surface area contributed by atoms with Crippen LogP contribution in [-0.4, -0.2) is 30.1 Å². The van der Waals surface area contributed by atoms with Gasteiger partial charge in [-0.15, -0.1) is 0 Å². The molecule has 1 aromatic rings. The molecule has 18 heavy (non-hydrogen) atoms. The van der Waals surface area contributed by atoms with Gasteiger partial charge in [-0.1, -0.05) is 12.1 Å². The number of nitro benzene ring substituents is 1. The number of carbonyl (C=O) groups is 1. The Labute approximate surface area is 103 Å². The molecule has 7 heteroatoms. The highest BCUT2D eigenvalue weighted by molar-refractivity contribution is 5.80. The number of morpholine rings is 1. The number of nitrogens with zero attached hydrogens (tertiary/aromatic N) is 1. The van der Waals surface area contributed by atoms with Crippen molar-refractivity contribution in [3.05, 3.63) is 39.9 Å². The van der Waals surface area contributed by atoms with Crippen LogP contribution in [0.5, 0.6) is 0 Å². The monoisotopic (exact) mass is 251 g/mol. The minimum atomic E-state index is -0.750. The molecular weight excluding hydrogens is 238 g/mol. The summed E-state index contributed by atoms with van der Waals surface area (Å²) in [6.07, 6.45) is -0.750. The van der Waals surface area contributed by atoms with Gasteiger partial charge in [0.25, 0.3) is 5.69 Å². The van der Waals surface area contributed by atoms with Gasteiger partial charge in [-0.2, -0.15) is 0 Å². The summed E-state index contributed by atoms with van der Waals surface area (Å²) in [6.45, 7) is 1.02. The molecule has 3 N–H and O–H groups in total. The van der Waals surface area contributed by atoms with Crippen molar-refractivity contribution >= 4 is 11.6 Å². The van der Waals surface area contributed by atoms with Gasteiger partial charge in [0.05, 0.1) is 17.6 Å². The number of nitrogens with two attached hydrogens (primary N) is 1. The second-order valence-corrected chi connectivity index (χ2v) is 3.97. The summed E-state index contributed by atoms with van der Waals surface area (Å²) in [7, 11) is 0. The number of hydrogen-bond acceptors (Lipinski definition) is 5. The number of primary amides is 1. The summed E-state index contributed by atoms with van der Waals surface area (Å²) in [6, 6.07) is 5.62. The van der Waals surface area contributed by atoms with Gasteiger partial charge in [-0.05, 0) is 5.56 Å². The number of nitrogens with one attached hydrogen (secondary N) is 1. The standard InChI is InChI=1S/C11H13N3O4/c12-11(15)10-9(13-5-6-18-10)7-1-3-8(4-2-7)14(16)17/h1-4,9-10,13H,5-6H2,(H2,12,15). The quantitative estimate of drug-likeness (QED) is 0.585. The van der Waals surface area contributed by atoms with Crippen LogP contribution in [0.1, 0.15) is 11.6 Å². The van der Waals surface area contributed by atoms with Crippen molar-refractivity contribution in [3.63, 3.8) is 0 Å². The fraction of sp³-hybridized carbons (Fsp3) is 0.364. The SMILES string of the molecule is NC(=O)C1OCCNC1c1ccc([N+](=O)[O-])cc1. The van der Waals surface area contributed by atoms with Gasteiger partial charge in [-0.25, -0.2) is 0 Å². The third-order valence-corrected chi connectivity index (χ3v) is 2.81. The van der Waals surface area contributed by atoms with Crippen LogP contribution in [0.3, 0.4) is 0 Å². The summed E-state index contributed by atoms with van der Waals surface area (Å²) in [5.74, 6) is -0.550. The Hall–Kier alpha value is -1.99. The maximum absolute atomic E-state index is 11.3. The lowest BCUT2D eigenvalue weighted by molar-refractivity contribution is -0.384. The van der Waals surface area contributed by atoms with Crippen molar-refractivity contribution in [3.8, 4) is 0 Å². The lowest BCUT2D eigenvalue weighted by Gasteiger charge is -2.30. The third kappa shape index (κ3) is 2.47. The summed E-state index contributed by atoms with van der Waals surface area (Å²) in [4.78, 5) is 21.3. The zero-order valence-electron chi connectivity index (χ0n) is 9.54. The fourth-order valence-electron chi connectivity index (χ4n) is 1.95. The van der Waals surface area contributed by atoms with Gasteiger partial charge in [-0.3, -0.25) is 14.9 Å². The molecule has 0 spiro atoms. The number of non-ortho nitro benzene ring substituents is 1. The van der Waals surface area contributed by atoms with Crippen molar-refractivity contribution in [2.24, 2.45) is 5.73 Å². The van der Waals surface area contributed by atoms with Gasteiger partial charge in [0, 0.05) is 18.7 Å². The number of benzene rings is 1. The second-order valence-electron chi connectivity index (χ2n) is 3.97. The predicted octanol–water partition coefficient (Wildman–Crippen LogP) is 0.110. The molecule has 96 valence electrons. The van der Waals surface area contributed by atoms with E-state index in [1.54, 1.807) is 12.1 Å². The molecule has 1 amide bonds. The highest BCUT2D eigenvalue weighted by atomic mass is 16.6. The number of rotatable bonds is 3. The van der Waals surface area contributed by atoms with Crippen LogP contribution in [0.2, 0.25) is 0 Å². The Morgan fingerprint density at radius 1 is 1.44 bits per heavy atom. The molecule has 1 saturated heterocycles. The van der Waals surface area contributed by atoms with E-state index in [0.29, 0.717) is 13.2 Å². The summed E-state index contributed by atoms with van der Waals surface area (Å²) in [5.41, 5.74) is 6.01. The van der Waals surface area contributed by atoms with Crippen LogP contribution in [0.4, 0.5) is 5.69 Å². The Morgan fingerprint density at radius 3 is 2.67 bits per heavy atom.